The van der Waals surface area contributed by atoms with Crippen LogP contribution in [-0.4, -0.2) is 57.4 Å². The van der Waals surface area contributed by atoms with E-state index < -0.39 is 6.61 Å². The second-order valence-corrected chi connectivity index (χ2v) is 6.37. The molecule has 0 radical (unpaired) electrons. The van der Waals surface area contributed by atoms with Gasteiger partial charge in [0.15, 0.2) is 17.5 Å². The molecule has 1 N–H and O–H groups in total. The third kappa shape index (κ3) is 7.94. The van der Waals surface area contributed by atoms with Gasteiger partial charge in [-0.05, 0) is 38.0 Å². The van der Waals surface area contributed by atoms with Crippen LogP contribution < -0.4 is 14.8 Å². The lowest BCUT2D eigenvalue weighted by Gasteiger charge is -2.24. The molecule has 9 heteroatoms. The molecule has 2 rings (SSSR count). The van der Waals surface area contributed by atoms with Gasteiger partial charge in [0.2, 0.25) is 0 Å². The van der Waals surface area contributed by atoms with Crippen molar-refractivity contribution < 1.29 is 23.0 Å². The van der Waals surface area contributed by atoms with Gasteiger partial charge >= 0.3 is 6.61 Å². The van der Waals surface area contributed by atoms with Crippen molar-refractivity contribution in [3.63, 3.8) is 0 Å². The molecule has 1 saturated heterocycles. The summed E-state index contributed by atoms with van der Waals surface area (Å²) >= 11 is 0. The SMILES string of the molecule is CCNC(=NCc1ccc(OC(F)F)c(OCC)c1)N(C)CC1CCOC1.I. The second kappa shape index (κ2) is 13.0. The third-order valence-corrected chi connectivity index (χ3v) is 4.19. The summed E-state index contributed by atoms with van der Waals surface area (Å²) in [5, 5.41) is 3.28. The summed E-state index contributed by atoms with van der Waals surface area (Å²) < 4.78 is 40.4. The summed E-state index contributed by atoms with van der Waals surface area (Å²) in [5.41, 5.74) is 0.855. The van der Waals surface area contributed by atoms with E-state index in [4.69, 9.17) is 9.47 Å². The fourth-order valence-electron chi connectivity index (χ4n) is 2.95. The number of guanidine groups is 1. The number of nitrogens with one attached hydrogen (secondary N) is 1. The molecular formula is C19H30F2IN3O3. The molecule has 6 nitrogen and oxygen atoms in total. The summed E-state index contributed by atoms with van der Waals surface area (Å²) in [6, 6.07) is 4.91. The number of hydrogen-bond donors (Lipinski definition) is 1. The molecule has 1 aliphatic heterocycles. The topological polar surface area (TPSA) is 55.3 Å². The Kier molecular flexibility index (Phi) is 11.4. The number of nitrogens with zero attached hydrogens (tertiary/aromatic N) is 2. The minimum absolute atomic E-state index is 0. The lowest BCUT2D eigenvalue weighted by molar-refractivity contribution is -0.0514. The molecule has 1 aromatic carbocycles. The third-order valence-electron chi connectivity index (χ3n) is 4.19. The van der Waals surface area contributed by atoms with Crippen LogP contribution >= 0.6 is 24.0 Å². The van der Waals surface area contributed by atoms with Gasteiger partial charge in [0, 0.05) is 32.7 Å². The summed E-state index contributed by atoms with van der Waals surface area (Å²) in [6.45, 7) is 4.93. The monoisotopic (exact) mass is 513 g/mol. The highest BCUT2D eigenvalue weighted by molar-refractivity contribution is 14.0. The fourth-order valence-corrected chi connectivity index (χ4v) is 2.95. The Hall–Kier alpha value is -1.36. The molecule has 160 valence electrons. The van der Waals surface area contributed by atoms with E-state index in [2.05, 4.69) is 19.9 Å². The van der Waals surface area contributed by atoms with Gasteiger partial charge in [-0.25, -0.2) is 4.99 Å². The molecular weight excluding hydrogens is 483 g/mol. The van der Waals surface area contributed by atoms with Gasteiger partial charge in [-0.15, -0.1) is 24.0 Å². The lowest BCUT2D eigenvalue weighted by Crippen LogP contribution is -2.41. The first-order valence-electron chi connectivity index (χ1n) is 9.31. The van der Waals surface area contributed by atoms with E-state index in [0.717, 1.165) is 44.2 Å². The maximum atomic E-state index is 12.5. The van der Waals surface area contributed by atoms with Crippen molar-refractivity contribution in [2.45, 2.75) is 33.4 Å². The Bertz CT molecular complexity index is 614. The molecule has 0 aliphatic carbocycles. The minimum Gasteiger partial charge on any atom is -0.490 e. The molecule has 0 amide bonds. The highest BCUT2D eigenvalue weighted by Gasteiger charge is 2.19. The fraction of sp³-hybridized carbons (Fsp3) is 0.632. The van der Waals surface area contributed by atoms with E-state index in [0.29, 0.717) is 24.8 Å². The Morgan fingerprint density at radius 2 is 2.14 bits per heavy atom. The van der Waals surface area contributed by atoms with Gasteiger partial charge in [-0.1, -0.05) is 6.07 Å². The van der Waals surface area contributed by atoms with Crippen LogP contribution in [0.5, 0.6) is 11.5 Å². The van der Waals surface area contributed by atoms with Gasteiger partial charge in [0.1, 0.15) is 0 Å². The predicted octanol–water partition coefficient (Wildman–Crippen LogP) is 3.74. The summed E-state index contributed by atoms with van der Waals surface area (Å²) in [5.74, 6) is 1.64. The first kappa shape index (κ1) is 24.7. The van der Waals surface area contributed by atoms with Crippen LogP contribution in [0.3, 0.4) is 0 Å². The van der Waals surface area contributed by atoms with Crippen molar-refractivity contribution in [3.8, 4) is 11.5 Å². The molecule has 1 unspecified atom stereocenters. The number of alkyl halides is 2. The normalized spacial score (nSPS) is 16.6. The first-order valence-corrected chi connectivity index (χ1v) is 9.31. The van der Waals surface area contributed by atoms with Gasteiger partial charge in [0.25, 0.3) is 0 Å². The summed E-state index contributed by atoms with van der Waals surface area (Å²) in [7, 11) is 2.00. The van der Waals surface area contributed by atoms with Gasteiger partial charge < -0.3 is 24.4 Å². The van der Waals surface area contributed by atoms with Crippen LogP contribution in [0.15, 0.2) is 23.2 Å². The van der Waals surface area contributed by atoms with Crippen LogP contribution in [0.4, 0.5) is 8.78 Å². The van der Waals surface area contributed by atoms with Gasteiger partial charge in [-0.2, -0.15) is 8.78 Å². The van der Waals surface area contributed by atoms with Gasteiger partial charge in [0.05, 0.1) is 19.8 Å². The number of halogens is 3. The molecule has 0 saturated carbocycles. The number of ether oxygens (including phenoxy) is 3. The zero-order valence-corrected chi connectivity index (χ0v) is 19.0. The zero-order chi connectivity index (χ0) is 19.6. The standard InChI is InChI=1S/C19H29F2N3O3.HI/c1-4-22-19(24(3)12-15-8-9-25-13-15)23-11-14-6-7-16(27-18(20)21)17(10-14)26-5-2;/h6-7,10,15,18H,4-5,8-9,11-13H2,1-3H3,(H,22,23);1H. The highest BCUT2D eigenvalue weighted by atomic mass is 127. The Balaban J connectivity index is 0.00000392. The first-order chi connectivity index (χ1) is 13.0. The molecule has 0 spiro atoms. The molecule has 1 fully saturated rings. The molecule has 1 heterocycles. The average Bonchev–Trinajstić information content (AvgIpc) is 3.13. The van der Waals surface area contributed by atoms with Crippen molar-refractivity contribution in [1.29, 1.82) is 0 Å². The molecule has 0 aromatic heterocycles. The van der Waals surface area contributed by atoms with Crippen LogP contribution in [0, 0.1) is 5.92 Å². The van der Waals surface area contributed by atoms with Crippen LogP contribution in [0.2, 0.25) is 0 Å². The van der Waals surface area contributed by atoms with Crippen molar-refractivity contribution in [2.24, 2.45) is 10.9 Å². The highest BCUT2D eigenvalue weighted by Crippen LogP contribution is 2.30. The van der Waals surface area contributed by atoms with Crippen LogP contribution in [0.25, 0.3) is 0 Å². The number of hydrogen-bond acceptors (Lipinski definition) is 4. The largest absolute Gasteiger partial charge is 0.490 e. The predicted molar refractivity (Wildman–Crippen MR) is 116 cm³/mol. The average molecular weight is 513 g/mol. The van der Waals surface area contributed by atoms with Crippen molar-refractivity contribution >= 4 is 29.9 Å². The van der Waals surface area contributed by atoms with E-state index in [1.807, 2.05) is 14.0 Å². The molecule has 28 heavy (non-hydrogen) atoms. The maximum absolute atomic E-state index is 12.5. The minimum atomic E-state index is -2.89. The molecule has 1 atom stereocenters. The summed E-state index contributed by atoms with van der Waals surface area (Å²) in [4.78, 5) is 6.76. The smallest absolute Gasteiger partial charge is 0.387 e. The van der Waals surface area contributed by atoms with Crippen molar-refractivity contribution in [1.82, 2.24) is 10.2 Å². The van der Waals surface area contributed by atoms with E-state index in [9.17, 15) is 8.78 Å². The van der Waals surface area contributed by atoms with E-state index in [-0.39, 0.29) is 29.7 Å². The summed E-state index contributed by atoms with van der Waals surface area (Å²) in [6.07, 6.45) is 1.06. The molecule has 1 aromatic rings. The van der Waals surface area contributed by atoms with Gasteiger partial charge in [-0.3, -0.25) is 0 Å². The quantitative estimate of drug-likeness (QED) is 0.310. The van der Waals surface area contributed by atoms with E-state index in [1.165, 1.54) is 6.07 Å². The second-order valence-electron chi connectivity index (χ2n) is 6.37. The zero-order valence-electron chi connectivity index (χ0n) is 16.6. The lowest BCUT2D eigenvalue weighted by atomic mass is 10.1. The number of rotatable bonds is 9. The maximum Gasteiger partial charge on any atom is 0.387 e. The Morgan fingerprint density at radius 3 is 2.75 bits per heavy atom. The van der Waals surface area contributed by atoms with E-state index >= 15 is 0 Å². The number of benzene rings is 1. The Morgan fingerprint density at radius 1 is 1.36 bits per heavy atom. The van der Waals surface area contributed by atoms with E-state index in [1.54, 1.807) is 19.1 Å². The van der Waals surface area contributed by atoms with Crippen molar-refractivity contribution in [3.05, 3.63) is 23.8 Å². The molecule has 0 bridgehead atoms. The van der Waals surface area contributed by atoms with Crippen molar-refractivity contribution in [2.75, 3.05) is 40.0 Å². The molecule has 1 aliphatic rings. The Labute approximate surface area is 182 Å². The number of aliphatic imine (C=N–C) groups is 1. The van der Waals surface area contributed by atoms with Crippen LogP contribution in [-0.2, 0) is 11.3 Å². The van der Waals surface area contributed by atoms with Crippen LogP contribution in [0.1, 0.15) is 25.8 Å².